The average molecular weight is 440 g/mol. The number of pyridine rings is 1. The normalized spacial score (nSPS) is 24.7. The molecule has 0 unspecified atom stereocenters. The van der Waals surface area contributed by atoms with E-state index >= 15 is 0 Å². The maximum Gasteiger partial charge on any atom is 0.171 e. The van der Waals surface area contributed by atoms with Gasteiger partial charge in [0.2, 0.25) is 0 Å². The second-order valence-corrected chi connectivity index (χ2v) is 7.62. The summed E-state index contributed by atoms with van der Waals surface area (Å²) in [4.78, 5) is 9.62. The molecule has 156 valence electrons. The largest absolute Gasteiger partial charge is 0.489 e. The van der Waals surface area contributed by atoms with E-state index in [-0.39, 0.29) is 37.2 Å². The maximum atomic E-state index is 6.01. The van der Waals surface area contributed by atoms with Crippen LogP contribution >= 0.6 is 37.2 Å². The van der Waals surface area contributed by atoms with Gasteiger partial charge in [0.25, 0.3) is 0 Å². The highest BCUT2D eigenvalue weighted by Gasteiger charge is 2.25. The van der Waals surface area contributed by atoms with Crippen molar-refractivity contribution in [1.82, 2.24) is 9.88 Å². The Kier molecular flexibility index (Phi) is 10.5. The highest BCUT2D eigenvalue weighted by Crippen LogP contribution is 2.34. The Labute approximate surface area is 181 Å². The van der Waals surface area contributed by atoms with Crippen molar-refractivity contribution in [1.29, 1.82) is 0 Å². The van der Waals surface area contributed by atoms with Crippen LogP contribution in [0.15, 0.2) is 12.3 Å². The first-order chi connectivity index (χ1) is 11.8. The number of fused-ring (bicyclic) bond motifs is 1. The third-order valence-electron chi connectivity index (χ3n) is 6.00. The van der Waals surface area contributed by atoms with Crippen molar-refractivity contribution in [2.45, 2.75) is 44.6 Å². The quantitative estimate of drug-likeness (QED) is 0.780. The van der Waals surface area contributed by atoms with Gasteiger partial charge in [0.1, 0.15) is 0 Å². The van der Waals surface area contributed by atoms with Crippen LogP contribution in [0.5, 0.6) is 5.75 Å². The molecule has 1 aromatic rings. The van der Waals surface area contributed by atoms with E-state index in [1.807, 2.05) is 6.20 Å². The Hall–Kier alpha value is -0.460. The minimum atomic E-state index is 0. The van der Waals surface area contributed by atoms with E-state index in [0.717, 1.165) is 56.7 Å². The number of anilines is 1. The Bertz CT molecular complexity index is 562. The van der Waals surface area contributed by atoms with Crippen LogP contribution in [0.2, 0.25) is 0 Å². The first-order valence-corrected chi connectivity index (χ1v) is 9.63. The van der Waals surface area contributed by atoms with Gasteiger partial charge in [0, 0.05) is 50.4 Å². The number of hydrogen-bond acceptors (Lipinski definition) is 5. The van der Waals surface area contributed by atoms with Crippen LogP contribution in [0.3, 0.4) is 0 Å². The second kappa shape index (κ2) is 11.5. The lowest BCUT2D eigenvalue weighted by Gasteiger charge is -2.36. The van der Waals surface area contributed by atoms with Gasteiger partial charge in [-0.25, -0.2) is 4.98 Å². The summed E-state index contributed by atoms with van der Waals surface area (Å²) >= 11 is 0. The number of hydrogen-bond donors (Lipinski definition) is 1. The number of piperazine rings is 1. The lowest BCUT2D eigenvalue weighted by molar-refractivity contribution is 0.216. The summed E-state index contributed by atoms with van der Waals surface area (Å²) < 4.78 is 5.82. The molecule has 3 heterocycles. The van der Waals surface area contributed by atoms with Crippen molar-refractivity contribution in [2.24, 2.45) is 11.7 Å². The monoisotopic (exact) mass is 438 g/mol. The molecule has 0 amide bonds. The SMILES string of the molecule is Cl.Cl.Cl.N[C@H]1CC[C@H](CCN2CCN(c3nccc4c3OCC4)CC2)CC1. The summed E-state index contributed by atoms with van der Waals surface area (Å²) in [5, 5.41) is 0. The molecule has 1 saturated heterocycles. The van der Waals surface area contributed by atoms with E-state index in [0.29, 0.717) is 6.04 Å². The molecule has 4 rings (SSSR count). The van der Waals surface area contributed by atoms with Gasteiger partial charge in [-0.2, -0.15) is 0 Å². The fourth-order valence-electron chi connectivity index (χ4n) is 4.34. The molecule has 0 radical (unpaired) electrons. The van der Waals surface area contributed by atoms with Crippen LogP contribution in [0.1, 0.15) is 37.7 Å². The lowest BCUT2D eigenvalue weighted by Crippen LogP contribution is -2.47. The van der Waals surface area contributed by atoms with Crippen molar-refractivity contribution >= 4 is 43.0 Å². The van der Waals surface area contributed by atoms with Crippen molar-refractivity contribution < 1.29 is 4.74 Å². The molecule has 3 aliphatic rings. The summed E-state index contributed by atoms with van der Waals surface area (Å²) in [5.74, 6) is 2.99. The van der Waals surface area contributed by atoms with Gasteiger partial charge in [-0.15, -0.1) is 37.2 Å². The molecular weight excluding hydrogens is 407 g/mol. The number of rotatable bonds is 4. The lowest BCUT2D eigenvalue weighted by atomic mass is 9.84. The van der Waals surface area contributed by atoms with Crippen LogP contribution in [0, 0.1) is 5.92 Å². The standard InChI is InChI=1S/C19H30N4O.3ClH/c20-17-3-1-15(2-4-17)6-9-22-10-12-23(13-11-22)19-18-16(5-8-21-19)7-14-24-18;;;/h5,8,15,17H,1-4,6-7,9-14,20H2;3*1H/t15-,17-;;;. The molecule has 1 saturated carbocycles. The van der Waals surface area contributed by atoms with Gasteiger partial charge in [-0.05, 0) is 50.6 Å². The first-order valence-electron chi connectivity index (χ1n) is 9.63. The number of nitrogens with zero attached hydrogens (tertiary/aromatic N) is 3. The minimum absolute atomic E-state index is 0. The molecule has 0 atom stereocenters. The van der Waals surface area contributed by atoms with Gasteiger partial charge in [0.05, 0.1) is 6.61 Å². The third kappa shape index (κ3) is 6.01. The molecule has 2 aliphatic heterocycles. The molecule has 1 aliphatic carbocycles. The van der Waals surface area contributed by atoms with E-state index in [4.69, 9.17) is 10.5 Å². The zero-order valence-electron chi connectivity index (χ0n) is 15.8. The average Bonchev–Trinajstić information content (AvgIpc) is 3.10. The van der Waals surface area contributed by atoms with Crippen LogP contribution in [0.25, 0.3) is 0 Å². The Morgan fingerprint density at radius 2 is 1.74 bits per heavy atom. The highest BCUT2D eigenvalue weighted by atomic mass is 35.5. The number of ether oxygens (including phenoxy) is 1. The molecule has 0 aromatic carbocycles. The summed E-state index contributed by atoms with van der Waals surface area (Å²) in [6.45, 7) is 6.43. The van der Waals surface area contributed by atoms with Crippen molar-refractivity contribution in [3.63, 3.8) is 0 Å². The predicted octanol–water partition coefficient (Wildman–Crippen LogP) is 3.31. The van der Waals surface area contributed by atoms with Crippen molar-refractivity contribution in [3.8, 4) is 5.75 Å². The van der Waals surface area contributed by atoms with E-state index in [1.54, 1.807) is 0 Å². The number of halogens is 3. The van der Waals surface area contributed by atoms with E-state index in [2.05, 4.69) is 20.9 Å². The van der Waals surface area contributed by atoms with Crippen molar-refractivity contribution in [2.75, 3.05) is 44.2 Å². The smallest absolute Gasteiger partial charge is 0.171 e. The number of aromatic nitrogens is 1. The molecule has 5 nitrogen and oxygen atoms in total. The number of nitrogens with two attached hydrogens (primary N) is 1. The predicted molar refractivity (Wildman–Crippen MR) is 118 cm³/mol. The topological polar surface area (TPSA) is 54.6 Å². The van der Waals surface area contributed by atoms with Gasteiger partial charge in [0.15, 0.2) is 11.6 Å². The fourth-order valence-corrected chi connectivity index (χ4v) is 4.34. The van der Waals surface area contributed by atoms with Crippen LogP contribution < -0.4 is 15.4 Å². The van der Waals surface area contributed by atoms with E-state index < -0.39 is 0 Å². The van der Waals surface area contributed by atoms with Crippen LogP contribution in [0.4, 0.5) is 5.82 Å². The summed E-state index contributed by atoms with van der Waals surface area (Å²) in [5.41, 5.74) is 7.33. The summed E-state index contributed by atoms with van der Waals surface area (Å²) in [7, 11) is 0. The van der Waals surface area contributed by atoms with Gasteiger partial charge in [-0.3, -0.25) is 4.90 Å². The van der Waals surface area contributed by atoms with E-state index in [1.165, 1.54) is 44.2 Å². The Balaban J connectivity index is 0.00000121. The Morgan fingerprint density at radius 1 is 1.04 bits per heavy atom. The molecular formula is C19H33Cl3N4O. The molecule has 0 spiro atoms. The minimum Gasteiger partial charge on any atom is -0.489 e. The maximum absolute atomic E-state index is 6.01. The zero-order valence-corrected chi connectivity index (χ0v) is 18.3. The summed E-state index contributed by atoms with van der Waals surface area (Å²) in [6, 6.07) is 2.56. The van der Waals surface area contributed by atoms with Gasteiger partial charge < -0.3 is 15.4 Å². The molecule has 27 heavy (non-hydrogen) atoms. The second-order valence-electron chi connectivity index (χ2n) is 7.62. The third-order valence-corrected chi connectivity index (χ3v) is 6.00. The molecule has 1 aromatic heterocycles. The molecule has 0 bridgehead atoms. The van der Waals surface area contributed by atoms with E-state index in [9.17, 15) is 0 Å². The first kappa shape index (κ1) is 24.6. The highest BCUT2D eigenvalue weighted by molar-refractivity contribution is 5.86. The summed E-state index contributed by atoms with van der Waals surface area (Å²) in [6.07, 6.45) is 9.41. The van der Waals surface area contributed by atoms with Crippen LogP contribution in [-0.2, 0) is 6.42 Å². The fraction of sp³-hybridized carbons (Fsp3) is 0.737. The van der Waals surface area contributed by atoms with Gasteiger partial charge in [-0.1, -0.05) is 0 Å². The van der Waals surface area contributed by atoms with Crippen molar-refractivity contribution in [3.05, 3.63) is 17.8 Å². The van der Waals surface area contributed by atoms with Gasteiger partial charge >= 0.3 is 0 Å². The zero-order chi connectivity index (χ0) is 16.4. The molecule has 2 N–H and O–H groups in total. The molecule has 8 heteroatoms. The van der Waals surface area contributed by atoms with Crippen LogP contribution in [-0.4, -0.2) is 55.3 Å². The molecule has 2 fully saturated rings. The Morgan fingerprint density at radius 3 is 2.44 bits per heavy atom.